The van der Waals surface area contributed by atoms with E-state index in [1.165, 1.54) is 37.7 Å². The first-order valence-electron chi connectivity index (χ1n) is 9.64. The Morgan fingerprint density at radius 3 is 2.42 bits per heavy atom. The number of hydrogen-bond donors (Lipinski definition) is 0. The molecule has 1 atom stereocenters. The van der Waals surface area contributed by atoms with E-state index in [0.717, 1.165) is 23.8 Å². The summed E-state index contributed by atoms with van der Waals surface area (Å²) >= 11 is 0. The number of benzene rings is 1. The third-order valence-corrected chi connectivity index (χ3v) is 12.1. The van der Waals surface area contributed by atoms with E-state index in [2.05, 4.69) is 24.7 Å². The minimum atomic E-state index is -2.54. The van der Waals surface area contributed by atoms with Gasteiger partial charge < -0.3 is 22.1 Å². The molecule has 7 heteroatoms. The Hall–Kier alpha value is -0.706. The van der Waals surface area contributed by atoms with Crippen LogP contribution in [0.3, 0.4) is 0 Å². The van der Waals surface area contributed by atoms with Crippen molar-refractivity contribution in [3.05, 3.63) is 29.3 Å². The predicted molar refractivity (Wildman–Crippen MR) is 106 cm³/mol. The first-order chi connectivity index (χ1) is 12.5. The molecule has 1 aromatic carbocycles. The van der Waals surface area contributed by atoms with Crippen LogP contribution in [0.5, 0.6) is 5.75 Å². The first kappa shape index (κ1) is 20.0. The second-order valence-electron chi connectivity index (χ2n) is 7.48. The van der Waals surface area contributed by atoms with Crippen LogP contribution >= 0.6 is 0 Å². The minimum absolute atomic E-state index is 0.626. The highest BCUT2D eigenvalue weighted by molar-refractivity contribution is 6.68. The van der Waals surface area contributed by atoms with Crippen molar-refractivity contribution in [3.63, 3.8) is 0 Å². The summed E-state index contributed by atoms with van der Waals surface area (Å²) in [6, 6.07) is 7.23. The van der Waals surface area contributed by atoms with Gasteiger partial charge in [-0.15, -0.1) is 0 Å². The quantitative estimate of drug-likeness (QED) is 0.638. The van der Waals surface area contributed by atoms with E-state index in [4.69, 9.17) is 22.1 Å². The van der Waals surface area contributed by atoms with Crippen molar-refractivity contribution in [2.24, 2.45) is 0 Å². The van der Waals surface area contributed by atoms with Crippen molar-refractivity contribution in [2.45, 2.75) is 63.3 Å². The molecule has 0 saturated heterocycles. The lowest BCUT2D eigenvalue weighted by atomic mass is 10.0. The van der Waals surface area contributed by atoms with Gasteiger partial charge in [0.25, 0.3) is 0 Å². The van der Waals surface area contributed by atoms with Crippen LogP contribution in [0.15, 0.2) is 18.2 Å². The molecule has 1 fully saturated rings. The Morgan fingerprint density at radius 1 is 1.08 bits per heavy atom. The summed E-state index contributed by atoms with van der Waals surface area (Å²) in [5, 5.41) is 0. The fourth-order valence-corrected chi connectivity index (χ4v) is 8.85. The summed E-state index contributed by atoms with van der Waals surface area (Å²) in [5.41, 5.74) is 3.02. The summed E-state index contributed by atoms with van der Waals surface area (Å²) in [6.45, 7) is 2.92. The summed E-state index contributed by atoms with van der Waals surface area (Å²) in [4.78, 5) is 0. The van der Waals surface area contributed by atoms with Gasteiger partial charge >= 0.3 is 17.4 Å². The molecule has 0 N–H and O–H groups in total. The normalized spacial score (nSPS) is 24.2. The number of rotatable bonds is 7. The standard InChI is InChI=1S/C19H32O5Si2/c1-20-26(21-2,22-3)13-12-16-10-11-19-17(14-16)15-23-25(4,24-19)18-8-6-5-7-9-18/h10-11,14,18H,5-9,12-13,15H2,1-4H3. The number of hydrogen-bond acceptors (Lipinski definition) is 5. The third-order valence-electron chi connectivity index (χ3n) is 5.95. The highest BCUT2D eigenvalue weighted by atomic mass is 28.4. The number of aryl methyl sites for hydroxylation is 1. The van der Waals surface area contributed by atoms with Crippen LogP contribution in [0.25, 0.3) is 0 Å². The molecular formula is C19H32O5Si2. The summed E-state index contributed by atoms with van der Waals surface area (Å²) in [6.07, 6.45) is 7.36. The lowest BCUT2D eigenvalue weighted by Crippen LogP contribution is -2.49. The molecule has 1 aliphatic heterocycles. The molecule has 146 valence electrons. The van der Waals surface area contributed by atoms with Crippen LogP contribution in [0.1, 0.15) is 43.2 Å². The van der Waals surface area contributed by atoms with Crippen molar-refractivity contribution in [2.75, 3.05) is 21.3 Å². The maximum Gasteiger partial charge on any atom is 0.500 e. The molecule has 3 rings (SSSR count). The van der Waals surface area contributed by atoms with Crippen molar-refractivity contribution in [3.8, 4) is 5.75 Å². The summed E-state index contributed by atoms with van der Waals surface area (Å²) in [5.74, 6) is 1.02. The zero-order chi connectivity index (χ0) is 18.6. The largest absolute Gasteiger partial charge is 0.520 e. The monoisotopic (exact) mass is 396 g/mol. The Balaban J connectivity index is 1.67. The van der Waals surface area contributed by atoms with Crippen LogP contribution in [-0.4, -0.2) is 38.7 Å². The first-order valence-corrected chi connectivity index (χ1v) is 14.0. The molecule has 2 aliphatic rings. The van der Waals surface area contributed by atoms with Crippen molar-refractivity contribution < 1.29 is 22.1 Å². The van der Waals surface area contributed by atoms with Gasteiger partial charge in [0.1, 0.15) is 5.75 Å². The molecule has 0 aromatic heterocycles. The smallest absolute Gasteiger partial charge is 0.500 e. The zero-order valence-corrected chi connectivity index (χ0v) is 18.5. The lowest BCUT2D eigenvalue weighted by molar-refractivity contribution is 0.123. The van der Waals surface area contributed by atoms with Gasteiger partial charge in [0.05, 0.1) is 6.61 Å². The zero-order valence-electron chi connectivity index (χ0n) is 16.5. The Labute approximate surface area is 159 Å². The minimum Gasteiger partial charge on any atom is -0.520 e. The molecule has 0 bridgehead atoms. The molecule has 26 heavy (non-hydrogen) atoms. The molecule has 1 heterocycles. The van der Waals surface area contributed by atoms with Gasteiger partial charge in [0.2, 0.25) is 0 Å². The SMILES string of the molecule is CO[Si](CCc1ccc2c(c1)CO[Si](C)(C1CCCCC1)O2)(OC)OC. The van der Waals surface area contributed by atoms with Gasteiger partial charge in [-0.05, 0) is 43.5 Å². The van der Waals surface area contributed by atoms with Gasteiger partial charge in [-0.25, -0.2) is 0 Å². The topological polar surface area (TPSA) is 46.2 Å². The fourth-order valence-electron chi connectivity index (χ4n) is 4.15. The molecular weight excluding hydrogens is 364 g/mol. The maximum atomic E-state index is 6.47. The molecule has 1 aliphatic carbocycles. The summed E-state index contributed by atoms with van der Waals surface area (Å²) < 4.78 is 29.4. The van der Waals surface area contributed by atoms with Gasteiger partial charge in [-0.1, -0.05) is 25.3 Å². The van der Waals surface area contributed by atoms with Crippen molar-refractivity contribution in [1.29, 1.82) is 0 Å². The van der Waals surface area contributed by atoms with Gasteiger partial charge in [0, 0.05) is 38.5 Å². The van der Waals surface area contributed by atoms with Crippen LogP contribution < -0.4 is 4.43 Å². The van der Waals surface area contributed by atoms with Crippen LogP contribution in [0.4, 0.5) is 0 Å². The van der Waals surface area contributed by atoms with Gasteiger partial charge in [-0.2, -0.15) is 0 Å². The average molecular weight is 397 g/mol. The van der Waals surface area contributed by atoms with Crippen LogP contribution in [-0.2, 0) is 30.7 Å². The van der Waals surface area contributed by atoms with E-state index in [1.54, 1.807) is 21.3 Å². The van der Waals surface area contributed by atoms with E-state index in [9.17, 15) is 0 Å². The summed E-state index contributed by atoms with van der Waals surface area (Å²) in [7, 11) is 0.311. The third kappa shape index (κ3) is 4.23. The number of fused-ring (bicyclic) bond motifs is 1. The van der Waals surface area contributed by atoms with E-state index < -0.39 is 17.4 Å². The Morgan fingerprint density at radius 2 is 1.77 bits per heavy atom. The van der Waals surface area contributed by atoms with E-state index in [1.807, 2.05) is 0 Å². The molecule has 5 nitrogen and oxygen atoms in total. The Bertz CT molecular complexity index is 593. The van der Waals surface area contributed by atoms with Crippen LogP contribution in [0, 0.1) is 0 Å². The average Bonchev–Trinajstić information content (AvgIpc) is 2.70. The highest BCUT2D eigenvalue weighted by Gasteiger charge is 2.46. The molecule has 1 saturated carbocycles. The second-order valence-corrected chi connectivity index (χ2v) is 13.9. The fraction of sp³-hybridized carbons (Fsp3) is 0.684. The van der Waals surface area contributed by atoms with Crippen LogP contribution in [0.2, 0.25) is 18.1 Å². The van der Waals surface area contributed by atoms with Crippen molar-refractivity contribution >= 4 is 17.4 Å². The van der Waals surface area contributed by atoms with E-state index in [0.29, 0.717) is 12.1 Å². The molecule has 1 unspecified atom stereocenters. The second kappa shape index (κ2) is 8.54. The molecule has 0 spiro atoms. The molecule has 0 amide bonds. The maximum absolute atomic E-state index is 6.47. The van der Waals surface area contributed by atoms with E-state index in [-0.39, 0.29) is 0 Å². The lowest BCUT2D eigenvalue weighted by Gasteiger charge is -2.40. The predicted octanol–water partition coefficient (Wildman–Crippen LogP) is 4.42. The van der Waals surface area contributed by atoms with Gasteiger partial charge in [0.15, 0.2) is 0 Å². The Kier molecular flexibility index (Phi) is 6.58. The molecule has 0 radical (unpaired) electrons. The van der Waals surface area contributed by atoms with E-state index >= 15 is 0 Å². The van der Waals surface area contributed by atoms with Crippen molar-refractivity contribution in [1.82, 2.24) is 0 Å². The van der Waals surface area contributed by atoms with Gasteiger partial charge in [-0.3, -0.25) is 0 Å². The highest BCUT2D eigenvalue weighted by Crippen LogP contribution is 2.42. The molecule has 1 aromatic rings.